The van der Waals surface area contributed by atoms with E-state index in [0.29, 0.717) is 0 Å². The number of hydrogen-bond acceptors (Lipinski definition) is 1. The van der Waals surface area contributed by atoms with Crippen LogP contribution in [0.3, 0.4) is 0 Å². The Hall–Kier alpha value is -1.45. The fraction of sp³-hybridized carbons (Fsp3) is 0. The molecule has 4 nitrogen and oxygen atoms in total. The lowest BCUT2D eigenvalue weighted by Crippen LogP contribution is -2.03. The van der Waals surface area contributed by atoms with E-state index in [9.17, 15) is 0 Å². The fourth-order valence-corrected chi connectivity index (χ4v) is 0.278. The van der Waals surface area contributed by atoms with E-state index in [1.54, 1.807) is 0 Å². The highest BCUT2D eigenvalue weighted by Crippen LogP contribution is 1.72. The van der Waals surface area contributed by atoms with E-state index >= 15 is 0 Å². The van der Waals surface area contributed by atoms with Crippen molar-refractivity contribution in [1.29, 1.82) is 0 Å². The van der Waals surface area contributed by atoms with Crippen LogP contribution in [0.1, 0.15) is 0 Å². The van der Waals surface area contributed by atoms with E-state index in [4.69, 9.17) is 9.90 Å². The number of nitrogens with two attached hydrogens (primary N) is 1. The molecular weight excluding hydrogens is 120 g/mol. The van der Waals surface area contributed by atoms with Gasteiger partial charge in [-0.25, -0.2) is 4.79 Å². The molecule has 0 saturated carbocycles. The van der Waals surface area contributed by atoms with Crippen molar-refractivity contribution in [2.45, 2.75) is 0 Å². The Morgan fingerprint density at radius 1 is 1.44 bits per heavy atom. The number of hydrogen-bond donors (Lipinski definition) is 3. The number of primary amides is 1. The lowest BCUT2D eigenvalue weighted by Gasteiger charge is -1.61. The summed E-state index contributed by atoms with van der Waals surface area (Å²) in [7, 11) is 0. The normalized spacial score (nSPS) is 7.11. The fourth-order valence-electron chi connectivity index (χ4n) is 0.278. The maximum atomic E-state index is 8.78. The third-order valence-corrected chi connectivity index (χ3v) is 0.496. The molecule has 1 aromatic rings. The lowest BCUT2D eigenvalue weighted by atomic mass is 10.7. The minimum atomic E-state index is -1.33. The predicted molar refractivity (Wildman–Crippen MR) is 33.0 cm³/mol. The highest BCUT2D eigenvalue weighted by atomic mass is 16.4. The molecule has 0 unspecified atom stereocenters. The van der Waals surface area contributed by atoms with E-state index in [2.05, 4.69) is 10.7 Å². The Morgan fingerprint density at radius 3 is 1.89 bits per heavy atom. The average molecular weight is 128 g/mol. The van der Waals surface area contributed by atoms with Gasteiger partial charge in [0.25, 0.3) is 0 Å². The molecule has 0 aliphatic heterocycles. The molecule has 0 bridgehead atoms. The van der Waals surface area contributed by atoms with Crippen LogP contribution in [0.2, 0.25) is 0 Å². The second-order valence-corrected chi connectivity index (χ2v) is 1.22. The Kier molecular flexibility index (Phi) is 3.95. The van der Waals surface area contributed by atoms with Crippen molar-refractivity contribution in [3.63, 3.8) is 0 Å². The Morgan fingerprint density at radius 2 is 1.78 bits per heavy atom. The van der Waals surface area contributed by atoms with Crippen LogP contribution in [0.15, 0.2) is 24.5 Å². The van der Waals surface area contributed by atoms with Crippen LogP contribution >= 0.6 is 0 Å². The zero-order valence-electron chi connectivity index (χ0n) is 4.74. The molecule has 1 heterocycles. The maximum Gasteiger partial charge on any atom is 0.402 e. The molecular formula is C5H8N2O2. The maximum absolute atomic E-state index is 8.78. The SMILES string of the molecule is NC(=O)O.c1cc[nH]c1. The zero-order valence-corrected chi connectivity index (χ0v) is 4.74. The lowest BCUT2D eigenvalue weighted by molar-refractivity contribution is 0.205. The van der Waals surface area contributed by atoms with Gasteiger partial charge in [-0.3, -0.25) is 0 Å². The number of rotatable bonds is 0. The van der Waals surface area contributed by atoms with E-state index in [0.717, 1.165) is 0 Å². The summed E-state index contributed by atoms with van der Waals surface area (Å²) in [5.41, 5.74) is 4.03. The second kappa shape index (κ2) is 4.70. The standard InChI is InChI=1S/C4H5N.CH3NO2/c1-2-4-5-3-1;2-1(3)4/h1-5H;2H2,(H,3,4). The monoisotopic (exact) mass is 128 g/mol. The Balaban J connectivity index is 0.000000148. The molecule has 9 heavy (non-hydrogen) atoms. The Bertz CT molecular complexity index is 127. The number of aromatic amines is 1. The van der Waals surface area contributed by atoms with Crippen LogP contribution in [0.25, 0.3) is 0 Å². The topological polar surface area (TPSA) is 79.1 Å². The van der Waals surface area contributed by atoms with Crippen molar-refractivity contribution in [3.8, 4) is 0 Å². The molecule has 0 saturated heterocycles. The van der Waals surface area contributed by atoms with Crippen molar-refractivity contribution in [2.24, 2.45) is 5.73 Å². The average Bonchev–Trinajstić information content (AvgIpc) is 2.11. The molecule has 0 aliphatic rings. The minimum Gasteiger partial charge on any atom is -0.465 e. The first-order valence-electron chi connectivity index (χ1n) is 2.29. The van der Waals surface area contributed by atoms with Crippen molar-refractivity contribution in [2.75, 3.05) is 0 Å². The summed E-state index contributed by atoms with van der Waals surface area (Å²) >= 11 is 0. The van der Waals surface area contributed by atoms with Gasteiger partial charge in [-0.1, -0.05) is 0 Å². The summed E-state index contributed by atoms with van der Waals surface area (Å²) in [5, 5.41) is 7.19. The van der Waals surface area contributed by atoms with Crippen LogP contribution < -0.4 is 5.73 Å². The van der Waals surface area contributed by atoms with Gasteiger partial charge in [0, 0.05) is 12.4 Å². The van der Waals surface area contributed by atoms with E-state index in [-0.39, 0.29) is 0 Å². The molecule has 4 N–H and O–H groups in total. The molecule has 1 rings (SSSR count). The number of nitrogens with one attached hydrogen (secondary N) is 1. The van der Waals surface area contributed by atoms with Crippen LogP contribution in [-0.4, -0.2) is 16.2 Å². The van der Waals surface area contributed by atoms with Gasteiger partial charge in [0.1, 0.15) is 0 Å². The summed E-state index contributed by atoms with van der Waals surface area (Å²) in [6.45, 7) is 0. The molecule has 50 valence electrons. The third-order valence-electron chi connectivity index (χ3n) is 0.496. The van der Waals surface area contributed by atoms with Crippen molar-refractivity contribution in [1.82, 2.24) is 4.98 Å². The molecule has 1 aromatic heterocycles. The van der Waals surface area contributed by atoms with Gasteiger partial charge in [0.05, 0.1) is 0 Å². The number of carboxylic acid groups (broad SMARTS) is 1. The summed E-state index contributed by atoms with van der Waals surface area (Å²) in [6.07, 6.45) is 2.42. The van der Waals surface area contributed by atoms with Crippen molar-refractivity contribution in [3.05, 3.63) is 24.5 Å². The van der Waals surface area contributed by atoms with Gasteiger partial charge < -0.3 is 15.8 Å². The van der Waals surface area contributed by atoms with Crippen LogP contribution in [0.5, 0.6) is 0 Å². The zero-order chi connectivity index (χ0) is 7.11. The molecule has 1 amide bonds. The smallest absolute Gasteiger partial charge is 0.402 e. The first kappa shape index (κ1) is 7.55. The van der Waals surface area contributed by atoms with Gasteiger partial charge in [-0.15, -0.1) is 0 Å². The summed E-state index contributed by atoms with van der Waals surface area (Å²) in [5.74, 6) is 0. The van der Waals surface area contributed by atoms with Gasteiger partial charge in [-0.2, -0.15) is 0 Å². The van der Waals surface area contributed by atoms with E-state index < -0.39 is 6.09 Å². The number of amides is 1. The van der Waals surface area contributed by atoms with Gasteiger partial charge >= 0.3 is 6.09 Å². The molecule has 0 atom stereocenters. The molecule has 4 heteroatoms. The van der Waals surface area contributed by atoms with Gasteiger partial charge in [0.2, 0.25) is 0 Å². The van der Waals surface area contributed by atoms with E-state index in [1.165, 1.54) is 0 Å². The third kappa shape index (κ3) is 10.8. The molecule has 0 radical (unpaired) electrons. The first-order chi connectivity index (χ1) is 4.23. The highest BCUT2D eigenvalue weighted by molar-refractivity contribution is 5.61. The molecule has 0 fully saturated rings. The van der Waals surface area contributed by atoms with Crippen molar-refractivity contribution >= 4 is 6.09 Å². The summed E-state index contributed by atoms with van der Waals surface area (Å²) in [4.78, 5) is 11.6. The molecule has 0 aromatic carbocycles. The summed E-state index contributed by atoms with van der Waals surface area (Å²) < 4.78 is 0. The number of carbonyl (C=O) groups is 1. The van der Waals surface area contributed by atoms with Crippen molar-refractivity contribution < 1.29 is 9.90 Å². The first-order valence-corrected chi connectivity index (χ1v) is 2.29. The Labute approximate surface area is 52.3 Å². The summed E-state index contributed by atoms with van der Waals surface area (Å²) in [6, 6.07) is 3.89. The molecule has 0 aliphatic carbocycles. The van der Waals surface area contributed by atoms with Crippen LogP contribution in [0.4, 0.5) is 4.79 Å². The van der Waals surface area contributed by atoms with Gasteiger partial charge in [0.15, 0.2) is 0 Å². The number of aromatic nitrogens is 1. The predicted octanol–water partition coefficient (Wildman–Crippen LogP) is 0.638. The van der Waals surface area contributed by atoms with Gasteiger partial charge in [-0.05, 0) is 12.1 Å². The quantitative estimate of drug-likeness (QED) is 0.479. The number of H-pyrrole nitrogens is 1. The van der Waals surface area contributed by atoms with Crippen LogP contribution in [-0.2, 0) is 0 Å². The minimum absolute atomic E-state index is 1.33. The highest BCUT2D eigenvalue weighted by Gasteiger charge is 1.65. The van der Waals surface area contributed by atoms with E-state index in [1.807, 2.05) is 24.5 Å². The largest absolute Gasteiger partial charge is 0.465 e. The molecule has 0 spiro atoms. The second-order valence-electron chi connectivity index (χ2n) is 1.22. The van der Waals surface area contributed by atoms with Crippen LogP contribution in [0, 0.1) is 0 Å².